The van der Waals surface area contributed by atoms with E-state index in [4.69, 9.17) is 15.7 Å². The van der Waals surface area contributed by atoms with E-state index in [9.17, 15) is 12.8 Å². The van der Waals surface area contributed by atoms with Crippen LogP contribution in [0.2, 0.25) is 0 Å². The van der Waals surface area contributed by atoms with E-state index in [2.05, 4.69) is 34.8 Å². The molecule has 0 amide bonds. The van der Waals surface area contributed by atoms with Crippen molar-refractivity contribution in [3.05, 3.63) is 72.4 Å². The van der Waals surface area contributed by atoms with Crippen LogP contribution < -0.4 is 15.4 Å². The van der Waals surface area contributed by atoms with Crippen LogP contribution in [0.4, 0.5) is 10.2 Å². The second-order valence-electron chi connectivity index (χ2n) is 10.3. The van der Waals surface area contributed by atoms with Gasteiger partial charge in [-0.2, -0.15) is 5.10 Å². The Bertz CT molecular complexity index is 2090. The number of nitrogens with one attached hydrogen (secondary N) is 3. The number of nitrogens with zero attached hydrogens (tertiary/aromatic N) is 6. The topological polar surface area (TPSA) is 171 Å². The van der Waals surface area contributed by atoms with Crippen LogP contribution in [0, 0.1) is 5.82 Å². The standard InChI is InChI=1S/C28H25FN10O2S/c1-42(40,41)33-9-15-5-16(7-17(29)6-15)19-3-2-4-21-26(19)36-28(35-21)27-20-8-22(32-11-23(20)37-38-27)24-10-31-12-25(34-24)39-13-18(30)14-39/h2-8,10-12,18,33H,9,13-14,30H2,1H3,(H,35,36)(H,37,38). The molecule has 5 heterocycles. The van der Waals surface area contributed by atoms with Crippen LogP contribution in [0.15, 0.2) is 61.1 Å². The van der Waals surface area contributed by atoms with E-state index < -0.39 is 15.8 Å². The molecule has 0 bridgehead atoms. The fraction of sp³-hybridized carbons (Fsp3) is 0.179. The lowest BCUT2D eigenvalue weighted by Gasteiger charge is -2.37. The van der Waals surface area contributed by atoms with Crippen molar-refractivity contribution in [3.8, 4) is 34.0 Å². The number of nitrogens with two attached hydrogens (primary N) is 1. The van der Waals surface area contributed by atoms with E-state index in [0.717, 1.165) is 41.6 Å². The molecule has 6 aromatic rings. The molecule has 2 aromatic carbocycles. The number of imidazole rings is 1. The van der Waals surface area contributed by atoms with Gasteiger partial charge in [-0.3, -0.25) is 15.1 Å². The molecule has 7 rings (SSSR count). The van der Waals surface area contributed by atoms with E-state index in [1.807, 2.05) is 24.3 Å². The van der Waals surface area contributed by atoms with Gasteiger partial charge in [-0.1, -0.05) is 12.1 Å². The summed E-state index contributed by atoms with van der Waals surface area (Å²) in [6, 6.07) is 12.1. The van der Waals surface area contributed by atoms with Crippen LogP contribution in [-0.4, -0.2) is 68.9 Å². The molecule has 0 radical (unpaired) electrons. The molecule has 0 spiro atoms. The zero-order valence-corrected chi connectivity index (χ0v) is 23.2. The Morgan fingerprint density at radius 2 is 1.93 bits per heavy atom. The van der Waals surface area contributed by atoms with Crippen molar-refractivity contribution >= 4 is 37.8 Å². The number of benzene rings is 2. The van der Waals surface area contributed by atoms with Gasteiger partial charge in [-0.05, 0) is 41.5 Å². The summed E-state index contributed by atoms with van der Waals surface area (Å²) in [6.07, 6.45) is 6.14. The SMILES string of the molecule is CS(=O)(=O)NCc1cc(F)cc(-c2cccc3[nH]c(-c4n[nH]c5cnc(-c6cncc(N7CC(N)C7)n6)cc45)nc23)c1. The third-order valence-corrected chi connectivity index (χ3v) is 7.78. The van der Waals surface area contributed by atoms with Crippen LogP contribution in [-0.2, 0) is 16.6 Å². The molecule has 1 aliphatic rings. The summed E-state index contributed by atoms with van der Waals surface area (Å²) in [4.78, 5) is 23.9. The summed E-state index contributed by atoms with van der Waals surface area (Å²) in [5, 5.41) is 8.31. The molecule has 0 aliphatic carbocycles. The van der Waals surface area contributed by atoms with E-state index in [0.29, 0.717) is 45.1 Å². The molecule has 12 nitrogen and oxygen atoms in total. The highest BCUT2D eigenvalue weighted by Gasteiger charge is 2.25. The minimum Gasteiger partial charge on any atom is -0.352 e. The van der Waals surface area contributed by atoms with Crippen molar-refractivity contribution in [1.29, 1.82) is 0 Å². The first kappa shape index (κ1) is 26.1. The third-order valence-electron chi connectivity index (χ3n) is 7.11. The lowest BCUT2D eigenvalue weighted by atomic mass is 10.0. The number of aromatic nitrogens is 7. The highest BCUT2D eigenvalue weighted by molar-refractivity contribution is 7.88. The van der Waals surface area contributed by atoms with Gasteiger partial charge < -0.3 is 15.6 Å². The number of rotatable bonds is 7. The number of aromatic amines is 2. The predicted molar refractivity (Wildman–Crippen MR) is 157 cm³/mol. The molecular formula is C28H25FN10O2S. The summed E-state index contributed by atoms with van der Waals surface area (Å²) in [5.41, 5.74) is 11.6. The largest absolute Gasteiger partial charge is 0.352 e. The zero-order chi connectivity index (χ0) is 29.0. The van der Waals surface area contributed by atoms with Crippen molar-refractivity contribution in [2.75, 3.05) is 24.2 Å². The van der Waals surface area contributed by atoms with Crippen molar-refractivity contribution < 1.29 is 12.8 Å². The Labute approximate surface area is 239 Å². The van der Waals surface area contributed by atoms with Crippen LogP contribution in [0.3, 0.4) is 0 Å². The molecule has 1 fully saturated rings. The van der Waals surface area contributed by atoms with Gasteiger partial charge in [0.15, 0.2) is 5.82 Å². The Morgan fingerprint density at radius 3 is 2.74 bits per heavy atom. The number of fused-ring (bicyclic) bond motifs is 2. The lowest BCUT2D eigenvalue weighted by Crippen LogP contribution is -2.56. The van der Waals surface area contributed by atoms with Crippen molar-refractivity contribution in [3.63, 3.8) is 0 Å². The molecule has 0 saturated carbocycles. The quantitative estimate of drug-likeness (QED) is 0.220. The average molecular weight is 585 g/mol. The van der Waals surface area contributed by atoms with Gasteiger partial charge in [-0.15, -0.1) is 0 Å². The average Bonchev–Trinajstić information content (AvgIpc) is 3.57. The molecule has 1 aliphatic heterocycles. The molecule has 4 aromatic heterocycles. The fourth-order valence-electron chi connectivity index (χ4n) is 5.07. The minimum atomic E-state index is -3.43. The Kier molecular flexibility index (Phi) is 6.18. The monoisotopic (exact) mass is 584 g/mol. The zero-order valence-electron chi connectivity index (χ0n) is 22.3. The van der Waals surface area contributed by atoms with E-state index in [1.165, 1.54) is 12.1 Å². The number of anilines is 1. The number of halogens is 1. The third kappa shape index (κ3) is 4.95. The van der Waals surface area contributed by atoms with Crippen LogP contribution in [0.1, 0.15) is 5.56 Å². The number of pyridine rings is 1. The molecule has 0 atom stereocenters. The first-order chi connectivity index (χ1) is 20.2. The summed E-state index contributed by atoms with van der Waals surface area (Å²) < 4.78 is 40.1. The van der Waals surface area contributed by atoms with Crippen LogP contribution >= 0.6 is 0 Å². The highest BCUT2D eigenvalue weighted by Crippen LogP contribution is 2.33. The van der Waals surface area contributed by atoms with E-state index >= 15 is 0 Å². The van der Waals surface area contributed by atoms with Gasteiger partial charge >= 0.3 is 0 Å². The van der Waals surface area contributed by atoms with Gasteiger partial charge in [0.1, 0.15) is 23.0 Å². The fourth-order valence-corrected chi connectivity index (χ4v) is 5.50. The lowest BCUT2D eigenvalue weighted by molar-refractivity contribution is 0.514. The summed E-state index contributed by atoms with van der Waals surface area (Å²) >= 11 is 0. The van der Waals surface area contributed by atoms with Crippen molar-refractivity contribution in [2.24, 2.45) is 5.73 Å². The molecule has 42 heavy (non-hydrogen) atoms. The van der Waals surface area contributed by atoms with Crippen molar-refractivity contribution in [1.82, 2.24) is 39.8 Å². The highest BCUT2D eigenvalue weighted by atomic mass is 32.2. The summed E-state index contributed by atoms with van der Waals surface area (Å²) in [7, 11) is -3.43. The maximum Gasteiger partial charge on any atom is 0.209 e. The summed E-state index contributed by atoms with van der Waals surface area (Å²) in [5.74, 6) is 0.791. The van der Waals surface area contributed by atoms with Gasteiger partial charge in [0.25, 0.3) is 0 Å². The van der Waals surface area contributed by atoms with Gasteiger partial charge in [0.2, 0.25) is 10.0 Å². The Balaban J connectivity index is 1.26. The Hall–Kier alpha value is -4.79. The van der Waals surface area contributed by atoms with Crippen LogP contribution in [0.25, 0.3) is 56.0 Å². The molecule has 1 saturated heterocycles. The number of hydrogen-bond donors (Lipinski definition) is 4. The van der Waals surface area contributed by atoms with Gasteiger partial charge in [-0.25, -0.2) is 27.5 Å². The number of hydrogen-bond acceptors (Lipinski definition) is 9. The van der Waals surface area contributed by atoms with Gasteiger partial charge in [0, 0.05) is 36.6 Å². The molecule has 0 unspecified atom stereocenters. The second kappa shape index (κ2) is 9.94. The Morgan fingerprint density at radius 1 is 1.07 bits per heavy atom. The van der Waals surface area contributed by atoms with Crippen LogP contribution in [0.5, 0.6) is 0 Å². The number of H-pyrrole nitrogens is 2. The first-order valence-corrected chi connectivity index (χ1v) is 15.0. The second-order valence-corrected chi connectivity index (χ2v) is 12.2. The van der Waals surface area contributed by atoms with Gasteiger partial charge in [0.05, 0.1) is 47.1 Å². The molecule has 5 N–H and O–H groups in total. The number of sulfonamides is 1. The molecular weight excluding hydrogens is 559 g/mol. The maximum absolute atomic E-state index is 14.6. The molecule has 14 heteroatoms. The van der Waals surface area contributed by atoms with E-state index in [-0.39, 0.29) is 12.6 Å². The molecule has 212 valence electrons. The normalized spacial score (nSPS) is 14.1. The number of para-hydroxylation sites is 1. The first-order valence-electron chi connectivity index (χ1n) is 13.1. The minimum absolute atomic E-state index is 0.0279. The predicted octanol–water partition coefficient (Wildman–Crippen LogP) is 2.96. The van der Waals surface area contributed by atoms with Crippen molar-refractivity contribution in [2.45, 2.75) is 12.6 Å². The van der Waals surface area contributed by atoms with E-state index in [1.54, 1.807) is 24.7 Å². The maximum atomic E-state index is 14.6. The smallest absolute Gasteiger partial charge is 0.209 e. The summed E-state index contributed by atoms with van der Waals surface area (Å²) in [6.45, 7) is 1.44.